The Hall–Kier alpha value is -3.09. The molecule has 3 aromatic rings. The van der Waals surface area contributed by atoms with Gasteiger partial charge in [0.25, 0.3) is 5.89 Å². The van der Waals surface area contributed by atoms with Crippen molar-refractivity contribution in [3.05, 3.63) is 54.0 Å². The van der Waals surface area contributed by atoms with E-state index in [2.05, 4.69) is 15.1 Å². The zero-order valence-corrected chi connectivity index (χ0v) is 10.5. The summed E-state index contributed by atoms with van der Waals surface area (Å²) in [7, 11) is 0. The Morgan fingerprint density at radius 3 is 2.52 bits per heavy atom. The predicted molar refractivity (Wildman–Crippen MR) is 69.9 cm³/mol. The standard InChI is InChI=1S/C14H8FN3O3/c15-10-5-6-11(16-7-10)12-17-13(21-18-12)8-1-3-9(4-2-8)14(19)20/h1-7H,(H,19,20). The highest BCUT2D eigenvalue weighted by molar-refractivity contribution is 5.88. The van der Waals surface area contributed by atoms with E-state index in [0.717, 1.165) is 6.20 Å². The lowest BCUT2D eigenvalue weighted by Gasteiger charge is -1.95. The van der Waals surface area contributed by atoms with E-state index >= 15 is 0 Å². The van der Waals surface area contributed by atoms with Crippen molar-refractivity contribution in [3.8, 4) is 23.0 Å². The van der Waals surface area contributed by atoms with Gasteiger partial charge in [-0.25, -0.2) is 14.2 Å². The first-order valence-corrected chi connectivity index (χ1v) is 5.93. The zero-order valence-electron chi connectivity index (χ0n) is 10.5. The van der Waals surface area contributed by atoms with Crippen LogP contribution in [0.3, 0.4) is 0 Å². The van der Waals surface area contributed by atoms with Crippen molar-refractivity contribution >= 4 is 5.97 Å². The van der Waals surface area contributed by atoms with Crippen LogP contribution in [-0.4, -0.2) is 26.2 Å². The second-order valence-electron chi connectivity index (χ2n) is 4.17. The average molecular weight is 285 g/mol. The van der Waals surface area contributed by atoms with Crippen LogP contribution in [-0.2, 0) is 0 Å². The fraction of sp³-hybridized carbons (Fsp3) is 0. The third-order valence-corrected chi connectivity index (χ3v) is 2.76. The minimum Gasteiger partial charge on any atom is -0.478 e. The molecule has 0 saturated carbocycles. The van der Waals surface area contributed by atoms with Gasteiger partial charge in [0.1, 0.15) is 11.5 Å². The van der Waals surface area contributed by atoms with Crippen LogP contribution < -0.4 is 0 Å². The first-order valence-electron chi connectivity index (χ1n) is 5.93. The maximum Gasteiger partial charge on any atom is 0.335 e. The molecule has 7 heteroatoms. The summed E-state index contributed by atoms with van der Waals surface area (Å²) in [5.41, 5.74) is 1.13. The quantitative estimate of drug-likeness (QED) is 0.795. The van der Waals surface area contributed by atoms with Crippen LogP contribution in [0.2, 0.25) is 0 Å². The zero-order chi connectivity index (χ0) is 14.8. The normalized spacial score (nSPS) is 10.5. The second-order valence-corrected chi connectivity index (χ2v) is 4.17. The van der Waals surface area contributed by atoms with Crippen LogP contribution in [0.5, 0.6) is 0 Å². The smallest absolute Gasteiger partial charge is 0.335 e. The number of carboxylic acids is 1. The third-order valence-electron chi connectivity index (χ3n) is 2.76. The number of aromatic nitrogens is 3. The van der Waals surface area contributed by atoms with Crippen molar-refractivity contribution in [1.82, 2.24) is 15.1 Å². The number of carbonyl (C=O) groups is 1. The van der Waals surface area contributed by atoms with E-state index in [1.807, 2.05) is 0 Å². The van der Waals surface area contributed by atoms with E-state index in [0.29, 0.717) is 11.3 Å². The monoisotopic (exact) mass is 285 g/mol. The summed E-state index contributed by atoms with van der Waals surface area (Å²) in [4.78, 5) is 18.8. The first-order chi connectivity index (χ1) is 10.1. The summed E-state index contributed by atoms with van der Waals surface area (Å²) in [6.07, 6.45) is 1.06. The van der Waals surface area contributed by atoms with E-state index in [1.165, 1.54) is 24.3 Å². The number of carboxylic acid groups (broad SMARTS) is 1. The lowest BCUT2D eigenvalue weighted by molar-refractivity contribution is 0.0697. The summed E-state index contributed by atoms with van der Waals surface area (Å²) >= 11 is 0. The van der Waals surface area contributed by atoms with Crippen LogP contribution >= 0.6 is 0 Å². The fourth-order valence-corrected chi connectivity index (χ4v) is 1.71. The molecule has 0 aliphatic carbocycles. The van der Waals surface area contributed by atoms with Crippen molar-refractivity contribution in [1.29, 1.82) is 0 Å². The molecular formula is C14H8FN3O3. The topological polar surface area (TPSA) is 89.1 Å². The molecule has 0 spiro atoms. The van der Waals surface area contributed by atoms with Gasteiger partial charge in [-0.15, -0.1) is 0 Å². The minimum atomic E-state index is -1.01. The Morgan fingerprint density at radius 1 is 1.14 bits per heavy atom. The molecule has 6 nitrogen and oxygen atoms in total. The number of rotatable bonds is 3. The predicted octanol–water partition coefficient (Wildman–Crippen LogP) is 2.64. The molecule has 1 aromatic carbocycles. The van der Waals surface area contributed by atoms with Gasteiger partial charge in [-0.1, -0.05) is 5.16 Å². The lowest BCUT2D eigenvalue weighted by atomic mass is 10.1. The molecule has 0 unspecified atom stereocenters. The molecule has 2 aromatic heterocycles. The lowest BCUT2D eigenvalue weighted by Crippen LogP contribution is -1.94. The van der Waals surface area contributed by atoms with E-state index in [4.69, 9.17) is 9.63 Å². The van der Waals surface area contributed by atoms with Gasteiger partial charge in [-0.3, -0.25) is 0 Å². The Labute approximate surface area is 117 Å². The Morgan fingerprint density at radius 2 is 1.90 bits per heavy atom. The van der Waals surface area contributed by atoms with Gasteiger partial charge < -0.3 is 9.63 Å². The Balaban J connectivity index is 1.90. The number of benzene rings is 1. The molecule has 0 saturated heterocycles. The third kappa shape index (κ3) is 2.62. The van der Waals surface area contributed by atoms with Gasteiger partial charge in [-0.2, -0.15) is 4.98 Å². The molecule has 21 heavy (non-hydrogen) atoms. The molecular weight excluding hydrogens is 277 g/mol. The highest BCUT2D eigenvalue weighted by Gasteiger charge is 2.12. The summed E-state index contributed by atoms with van der Waals surface area (Å²) < 4.78 is 17.9. The van der Waals surface area contributed by atoms with Gasteiger partial charge in [-0.05, 0) is 36.4 Å². The van der Waals surface area contributed by atoms with Crippen molar-refractivity contribution in [2.45, 2.75) is 0 Å². The van der Waals surface area contributed by atoms with Crippen molar-refractivity contribution in [2.24, 2.45) is 0 Å². The number of hydrogen-bond acceptors (Lipinski definition) is 5. The largest absolute Gasteiger partial charge is 0.478 e. The Bertz CT molecular complexity index is 782. The summed E-state index contributed by atoms with van der Waals surface area (Å²) in [5.74, 6) is -1.00. The first kappa shape index (κ1) is 12.9. The van der Waals surface area contributed by atoms with Crippen LogP contribution in [0, 0.1) is 5.82 Å². The van der Waals surface area contributed by atoms with Gasteiger partial charge in [0, 0.05) is 5.56 Å². The second kappa shape index (κ2) is 5.12. The molecule has 0 aliphatic rings. The number of hydrogen-bond donors (Lipinski definition) is 1. The number of aromatic carboxylic acids is 1. The average Bonchev–Trinajstić information content (AvgIpc) is 2.98. The molecule has 0 fully saturated rings. The molecule has 0 atom stereocenters. The molecule has 0 amide bonds. The Kier molecular flexibility index (Phi) is 3.15. The summed E-state index contributed by atoms with van der Waals surface area (Å²) in [6, 6.07) is 8.71. The fourth-order valence-electron chi connectivity index (χ4n) is 1.71. The maximum atomic E-state index is 12.8. The molecule has 104 valence electrons. The molecule has 2 heterocycles. The number of pyridine rings is 1. The van der Waals surface area contributed by atoms with Gasteiger partial charge in [0.15, 0.2) is 0 Å². The number of nitrogens with zero attached hydrogens (tertiary/aromatic N) is 3. The maximum absolute atomic E-state index is 12.8. The van der Waals surface area contributed by atoms with Crippen LogP contribution in [0.25, 0.3) is 23.0 Å². The highest BCUT2D eigenvalue weighted by atomic mass is 19.1. The van der Waals surface area contributed by atoms with E-state index in [-0.39, 0.29) is 17.3 Å². The van der Waals surface area contributed by atoms with Crippen LogP contribution in [0.15, 0.2) is 47.1 Å². The van der Waals surface area contributed by atoms with E-state index in [1.54, 1.807) is 12.1 Å². The van der Waals surface area contributed by atoms with Gasteiger partial charge in [0.2, 0.25) is 5.82 Å². The molecule has 0 radical (unpaired) electrons. The van der Waals surface area contributed by atoms with Crippen molar-refractivity contribution in [3.63, 3.8) is 0 Å². The highest BCUT2D eigenvalue weighted by Crippen LogP contribution is 2.21. The van der Waals surface area contributed by atoms with Crippen LogP contribution in [0.1, 0.15) is 10.4 Å². The molecule has 0 aliphatic heterocycles. The van der Waals surface area contributed by atoms with Gasteiger partial charge >= 0.3 is 5.97 Å². The van der Waals surface area contributed by atoms with Crippen molar-refractivity contribution < 1.29 is 18.8 Å². The SMILES string of the molecule is O=C(O)c1ccc(-c2nc(-c3ccc(F)cn3)no2)cc1. The van der Waals surface area contributed by atoms with Crippen LogP contribution in [0.4, 0.5) is 4.39 Å². The minimum absolute atomic E-state index is 0.165. The van der Waals surface area contributed by atoms with E-state index < -0.39 is 11.8 Å². The molecule has 1 N–H and O–H groups in total. The molecule has 0 bridgehead atoms. The van der Waals surface area contributed by atoms with Gasteiger partial charge in [0.05, 0.1) is 11.8 Å². The van der Waals surface area contributed by atoms with Crippen molar-refractivity contribution in [2.75, 3.05) is 0 Å². The summed E-state index contributed by atoms with van der Waals surface area (Å²) in [6.45, 7) is 0. The van der Waals surface area contributed by atoms with E-state index in [9.17, 15) is 9.18 Å². The molecule has 3 rings (SSSR count). The summed E-state index contributed by atoms with van der Waals surface area (Å²) in [5, 5.41) is 12.6. The number of halogens is 1.